The molecule has 0 amide bonds. The third-order valence-corrected chi connectivity index (χ3v) is 3.01. The number of nitrogens with two attached hydrogens (primary N) is 1. The monoisotopic (exact) mass is 242 g/mol. The third-order valence-electron chi connectivity index (χ3n) is 2.21. The van der Waals surface area contributed by atoms with Crippen LogP contribution in [0.3, 0.4) is 0 Å². The molecule has 2 rings (SSSR count). The van der Waals surface area contributed by atoms with Gasteiger partial charge in [0.05, 0.1) is 21.6 Å². The Hall–Kier alpha value is -0.990. The van der Waals surface area contributed by atoms with Crippen molar-refractivity contribution in [2.45, 2.75) is 0 Å². The normalized spacial score (nSPS) is 11.7. The van der Waals surface area contributed by atoms with Crippen molar-refractivity contribution in [1.82, 2.24) is 9.78 Å². The summed E-state index contributed by atoms with van der Waals surface area (Å²) in [5.74, 6) is 0.797. The molecule has 4 nitrogen and oxygen atoms in total. The number of hydrogen-bond acceptors (Lipinski definition) is 3. The van der Waals surface area contributed by atoms with Gasteiger partial charge >= 0.3 is 0 Å². The Balaban J connectivity index is 2.80. The number of aryl methyl sites for hydroxylation is 1. The van der Waals surface area contributed by atoms with Crippen molar-refractivity contribution in [3.8, 4) is 0 Å². The molecule has 0 spiro atoms. The summed E-state index contributed by atoms with van der Waals surface area (Å²) >= 11 is 6.14. The van der Waals surface area contributed by atoms with Crippen LogP contribution < -0.4 is 10.8 Å². The number of anilines is 2. The summed E-state index contributed by atoms with van der Waals surface area (Å²) in [5.41, 5.74) is 7.46. The van der Waals surface area contributed by atoms with Gasteiger partial charge in [0.1, 0.15) is 0 Å². The number of aromatic nitrogens is 2. The van der Waals surface area contributed by atoms with Gasteiger partial charge in [0, 0.05) is 7.05 Å². The maximum atomic E-state index is 6.14. The average Bonchev–Trinajstić information content (AvgIpc) is 2.51. The van der Waals surface area contributed by atoms with E-state index in [0.717, 1.165) is 16.7 Å². The molecule has 0 bridgehead atoms. The fourth-order valence-electron chi connectivity index (χ4n) is 1.61. The van der Waals surface area contributed by atoms with Gasteiger partial charge in [-0.3, -0.25) is 4.68 Å². The average molecular weight is 243 g/mol. The summed E-state index contributed by atoms with van der Waals surface area (Å²) in [6.07, 6.45) is 0. The van der Waals surface area contributed by atoms with Crippen molar-refractivity contribution < 1.29 is 0 Å². The Morgan fingerprint density at radius 2 is 2.27 bits per heavy atom. The van der Waals surface area contributed by atoms with E-state index in [0.29, 0.717) is 19.4 Å². The van der Waals surface area contributed by atoms with Crippen LogP contribution in [0.4, 0.5) is 11.5 Å². The van der Waals surface area contributed by atoms with Gasteiger partial charge in [-0.1, -0.05) is 11.6 Å². The van der Waals surface area contributed by atoms with Gasteiger partial charge in [0.2, 0.25) is 0 Å². The van der Waals surface area contributed by atoms with Gasteiger partial charge in [-0.05, 0) is 27.5 Å². The van der Waals surface area contributed by atoms with Gasteiger partial charge in [-0.25, -0.2) is 0 Å². The fourth-order valence-corrected chi connectivity index (χ4v) is 2.27. The summed E-state index contributed by atoms with van der Waals surface area (Å²) in [4.78, 5) is 0. The molecule has 1 heterocycles. The summed E-state index contributed by atoms with van der Waals surface area (Å²) < 4.78 is 1.75. The zero-order valence-electron chi connectivity index (χ0n) is 8.50. The first kappa shape index (κ1) is 10.5. The zero-order chi connectivity index (χ0) is 11.0. The predicted molar refractivity (Wildman–Crippen MR) is 68.0 cm³/mol. The second kappa shape index (κ2) is 3.87. The van der Waals surface area contributed by atoms with Gasteiger partial charge in [-0.2, -0.15) is 5.10 Å². The van der Waals surface area contributed by atoms with Crippen LogP contribution in [0, 0.1) is 0 Å². The van der Waals surface area contributed by atoms with Gasteiger partial charge in [0.15, 0.2) is 5.82 Å². The highest BCUT2D eigenvalue weighted by Gasteiger charge is 2.13. The van der Waals surface area contributed by atoms with Crippen molar-refractivity contribution in [3.63, 3.8) is 0 Å². The quantitative estimate of drug-likeness (QED) is 0.628. The number of rotatable bonds is 2. The molecule has 3 N–H and O–H groups in total. The summed E-state index contributed by atoms with van der Waals surface area (Å²) in [5, 5.41) is 9.12. The molecule has 0 saturated heterocycles. The molecular formula is C9H12ClN4P. The standard InChI is InChI=1S/C9H12ClN4P/c1-14-8-6(11)4-3-5(10)7(8)9(12-14)13-15-2/h3-4,15H,11H2,1-2H3,(H,12,13). The molecule has 0 aliphatic carbocycles. The van der Waals surface area contributed by atoms with E-state index in [1.54, 1.807) is 16.8 Å². The van der Waals surface area contributed by atoms with E-state index in [4.69, 9.17) is 17.3 Å². The molecule has 0 aliphatic rings. The minimum atomic E-state index is 0.580. The fraction of sp³-hybridized carbons (Fsp3) is 0.222. The maximum absolute atomic E-state index is 6.14. The Morgan fingerprint density at radius 3 is 2.93 bits per heavy atom. The Morgan fingerprint density at radius 1 is 1.53 bits per heavy atom. The predicted octanol–water partition coefficient (Wildman–Crippen LogP) is 2.44. The largest absolute Gasteiger partial charge is 0.397 e. The van der Waals surface area contributed by atoms with Crippen LogP contribution in [0.2, 0.25) is 5.02 Å². The lowest BCUT2D eigenvalue weighted by molar-refractivity contribution is 0.803. The van der Waals surface area contributed by atoms with E-state index in [9.17, 15) is 0 Å². The van der Waals surface area contributed by atoms with E-state index < -0.39 is 0 Å². The van der Waals surface area contributed by atoms with Crippen molar-refractivity contribution in [1.29, 1.82) is 0 Å². The molecule has 0 radical (unpaired) electrons. The molecule has 80 valence electrons. The van der Waals surface area contributed by atoms with Crippen LogP contribution in [-0.4, -0.2) is 16.4 Å². The number of halogens is 1. The molecule has 15 heavy (non-hydrogen) atoms. The van der Waals surface area contributed by atoms with Crippen molar-refractivity contribution in [2.24, 2.45) is 7.05 Å². The molecule has 0 fully saturated rings. The highest BCUT2D eigenvalue weighted by atomic mass is 35.5. The molecule has 2 aromatic rings. The first-order chi connectivity index (χ1) is 7.15. The van der Waals surface area contributed by atoms with Gasteiger partial charge < -0.3 is 10.8 Å². The molecule has 0 aliphatic heterocycles. The van der Waals surface area contributed by atoms with Crippen LogP contribution in [-0.2, 0) is 7.05 Å². The van der Waals surface area contributed by atoms with Crippen LogP contribution in [0.5, 0.6) is 0 Å². The van der Waals surface area contributed by atoms with Crippen molar-refractivity contribution >= 4 is 42.7 Å². The number of nitrogens with zero attached hydrogens (tertiary/aromatic N) is 2. The number of fused-ring (bicyclic) bond motifs is 1. The summed E-state index contributed by atoms with van der Waals surface area (Å²) in [7, 11) is 2.44. The van der Waals surface area contributed by atoms with E-state index >= 15 is 0 Å². The third kappa shape index (κ3) is 1.64. The van der Waals surface area contributed by atoms with Crippen molar-refractivity contribution in [2.75, 3.05) is 17.5 Å². The summed E-state index contributed by atoms with van der Waals surface area (Å²) in [6, 6.07) is 3.59. The smallest absolute Gasteiger partial charge is 0.160 e. The number of nitrogen functional groups attached to an aromatic ring is 1. The van der Waals surface area contributed by atoms with E-state index in [1.807, 2.05) is 13.7 Å². The number of hydrogen-bond donors (Lipinski definition) is 2. The van der Waals surface area contributed by atoms with Crippen LogP contribution in [0.15, 0.2) is 12.1 Å². The van der Waals surface area contributed by atoms with Crippen LogP contribution >= 0.6 is 20.3 Å². The molecule has 1 unspecified atom stereocenters. The van der Waals surface area contributed by atoms with Crippen LogP contribution in [0.1, 0.15) is 0 Å². The SMILES string of the molecule is CPNc1nn(C)c2c(N)ccc(Cl)c12. The Kier molecular flexibility index (Phi) is 2.72. The number of nitrogens with one attached hydrogen (secondary N) is 1. The summed E-state index contributed by atoms with van der Waals surface area (Å²) in [6.45, 7) is 2.04. The highest BCUT2D eigenvalue weighted by Crippen LogP contribution is 2.34. The zero-order valence-corrected chi connectivity index (χ0v) is 10.3. The first-order valence-corrected chi connectivity index (χ1v) is 6.36. The lowest BCUT2D eigenvalue weighted by Crippen LogP contribution is -1.94. The molecule has 1 aromatic carbocycles. The van der Waals surface area contributed by atoms with E-state index in [1.165, 1.54) is 0 Å². The highest BCUT2D eigenvalue weighted by molar-refractivity contribution is 7.38. The minimum Gasteiger partial charge on any atom is -0.397 e. The lowest BCUT2D eigenvalue weighted by atomic mass is 10.2. The molecule has 1 atom stereocenters. The van der Waals surface area contributed by atoms with Gasteiger partial charge in [0.25, 0.3) is 0 Å². The second-order valence-corrected chi connectivity index (χ2v) is 4.36. The second-order valence-electron chi connectivity index (χ2n) is 3.21. The molecule has 6 heteroatoms. The Labute approximate surface area is 94.6 Å². The molecular weight excluding hydrogens is 231 g/mol. The van der Waals surface area contributed by atoms with Crippen LogP contribution in [0.25, 0.3) is 10.9 Å². The molecule has 0 saturated carbocycles. The molecule has 1 aromatic heterocycles. The lowest BCUT2D eigenvalue weighted by Gasteiger charge is -2.01. The van der Waals surface area contributed by atoms with Crippen molar-refractivity contribution in [3.05, 3.63) is 17.2 Å². The van der Waals surface area contributed by atoms with E-state index in [2.05, 4.69) is 10.2 Å². The maximum Gasteiger partial charge on any atom is 0.160 e. The Bertz CT molecular complexity index is 508. The van der Waals surface area contributed by atoms with Gasteiger partial charge in [-0.15, -0.1) is 0 Å². The number of benzene rings is 1. The van der Waals surface area contributed by atoms with E-state index in [-0.39, 0.29) is 0 Å². The topological polar surface area (TPSA) is 55.9 Å². The first-order valence-electron chi connectivity index (χ1n) is 4.48. The minimum absolute atomic E-state index is 0.580.